The number of nitrogens with one attached hydrogen (secondary N) is 1. The van der Waals surface area contributed by atoms with E-state index in [4.69, 9.17) is 14.2 Å². The van der Waals surface area contributed by atoms with Crippen LogP contribution in [0.25, 0.3) is 10.9 Å². The number of nitrogens with zero attached hydrogens (tertiary/aromatic N) is 1. The summed E-state index contributed by atoms with van der Waals surface area (Å²) in [6.07, 6.45) is 0.495. The Balaban J connectivity index is 1.82. The van der Waals surface area contributed by atoms with Crippen LogP contribution in [0.4, 0.5) is 0 Å². The van der Waals surface area contributed by atoms with Gasteiger partial charge in [-0.1, -0.05) is 0 Å². The first-order valence-electron chi connectivity index (χ1n) is 10.2. The number of carbonyl (C=O) groups is 2. The minimum atomic E-state index is -0.504. The largest absolute Gasteiger partial charge is 0.497 e. The van der Waals surface area contributed by atoms with E-state index in [9.17, 15) is 9.59 Å². The summed E-state index contributed by atoms with van der Waals surface area (Å²) in [7, 11) is 6.42. The van der Waals surface area contributed by atoms with Gasteiger partial charge in [-0.2, -0.15) is 0 Å². The highest BCUT2D eigenvalue weighted by Crippen LogP contribution is 2.52. The molecule has 1 aliphatic carbocycles. The minimum absolute atomic E-state index is 0.135. The van der Waals surface area contributed by atoms with Crippen molar-refractivity contribution in [3.8, 4) is 17.2 Å². The number of carbonyl (C=O) groups excluding carboxylic acids is 2. The van der Waals surface area contributed by atoms with Gasteiger partial charge in [0.2, 0.25) is 11.8 Å². The summed E-state index contributed by atoms with van der Waals surface area (Å²) in [5.41, 5.74) is 3.76. The number of hydrogen-bond donors (Lipinski definition) is 1. The molecule has 7 heteroatoms. The summed E-state index contributed by atoms with van der Waals surface area (Å²) in [4.78, 5) is 31.0. The fourth-order valence-corrected chi connectivity index (χ4v) is 5.22. The number of likely N-dealkylation sites (tertiary alicyclic amines) is 1. The fourth-order valence-electron chi connectivity index (χ4n) is 5.22. The average molecular weight is 420 g/mol. The number of H-pyrrole nitrogens is 1. The van der Waals surface area contributed by atoms with E-state index in [0.717, 1.165) is 33.5 Å². The van der Waals surface area contributed by atoms with E-state index in [1.807, 2.05) is 36.4 Å². The maximum Gasteiger partial charge on any atom is 0.233 e. The van der Waals surface area contributed by atoms with E-state index in [1.165, 1.54) is 4.90 Å². The molecule has 3 atom stereocenters. The molecule has 2 heterocycles. The standard InChI is InChI=1S/C24H24N2O5/c1-26-23(27)16-11-18-20(14-9-12(29-2)5-7-17(14)25-18)21(22(16)24(26)28)15-10-13(30-3)6-8-19(15)31-4/h5-10,16,21-22,25H,11H2,1-4H3/t16-,21+,22-/m1/s1. The third-order valence-corrected chi connectivity index (χ3v) is 6.69. The topological polar surface area (TPSA) is 80.9 Å². The van der Waals surface area contributed by atoms with Crippen LogP contribution in [0.3, 0.4) is 0 Å². The first kappa shape index (κ1) is 19.5. The molecule has 31 heavy (non-hydrogen) atoms. The second-order valence-electron chi connectivity index (χ2n) is 8.09. The maximum atomic E-state index is 13.3. The highest BCUT2D eigenvalue weighted by atomic mass is 16.5. The Hall–Kier alpha value is -3.48. The zero-order valence-electron chi connectivity index (χ0n) is 17.9. The number of methoxy groups -OCH3 is 3. The number of amides is 2. The van der Waals surface area contributed by atoms with Crippen molar-refractivity contribution >= 4 is 22.7 Å². The van der Waals surface area contributed by atoms with Gasteiger partial charge in [-0.3, -0.25) is 14.5 Å². The van der Waals surface area contributed by atoms with Crippen LogP contribution in [0.15, 0.2) is 36.4 Å². The normalized spacial score (nSPS) is 22.5. The van der Waals surface area contributed by atoms with E-state index >= 15 is 0 Å². The predicted octanol–water partition coefficient (Wildman–Crippen LogP) is 3.11. The second-order valence-corrected chi connectivity index (χ2v) is 8.09. The van der Waals surface area contributed by atoms with Crippen LogP contribution in [-0.2, 0) is 16.0 Å². The van der Waals surface area contributed by atoms with Crippen LogP contribution < -0.4 is 14.2 Å². The molecule has 2 aromatic carbocycles. The van der Waals surface area contributed by atoms with Gasteiger partial charge in [0, 0.05) is 41.5 Å². The third kappa shape index (κ3) is 2.72. The van der Waals surface area contributed by atoms with Gasteiger partial charge in [0.25, 0.3) is 0 Å². The summed E-state index contributed by atoms with van der Waals surface area (Å²) in [6.45, 7) is 0. The summed E-state index contributed by atoms with van der Waals surface area (Å²) in [5, 5.41) is 0.984. The van der Waals surface area contributed by atoms with Crippen LogP contribution >= 0.6 is 0 Å². The van der Waals surface area contributed by atoms with Crippen molar-refractivity contribution in [3.05, 3.63) is 53.2 Å². The molecule has 0 spiro atoms. The van der Waals surface area contributed by atoms with Gasteiger partial charge in [0.05, 0.1) is 33.2 Å². The average Bonchev–Trinajstić information content (AvgIpc) is 3.27. The van der Waals surface area contributed by atoms with Crippen LogP contribution in [0.5, 0.6) is 17.2 Å². The molecule has 5 rings (SSSR count). The Bertz CT molecular complexity index is 1210. The number of ether oxygens (including phenoxy) is 3. The molecule has 0 radical (unpaired) electrons. The van der Waals surface area contributed by atoms with Gasteiger partial charge in [-0.25, -0.2) is 0 Å². The monoisotopic (exact) mass is 420 g/mol. The van der Waals surface area contributed by atoms with Gasteiger partial charge in [-0.05, 0) is 42.0 Å². The second kappa shape index (κ2) is 7.04. The first-order chi connectivity index (χ1) is 15.0. The SMILES string of the molecule is COc1ccc(OC)c([C@H]2c3c([nH]c4ccc(OC)cc34)C[C@H]3C(=O)N(C)C(=O)[C@@H]23)c1. The molecule has 1 fully saturated rings. The molecule has 3 aromatic rings. The Morgan fingerprint density at radius 2 is 1.65 bits per heavy atom. The summed E-state index contributed by atoms with van der Waals surface area (Å²) in [6, 6.07) is 11.4. The Morgan fingerprint density at radius 3 is 2.35 bits per heavy atom. The number of fused-ring (bicyclic) bond motifs is 4. The fraction of sp³-hybridized carbons (Fsp3) is 0.333. The number of rotatable bonds is 4. The molecule has 0 saturated carbocycles. The summed E-state index contributed by atoms with van der Waals surface area (Å²) >= 11 is 0. The molecular formula is C24H24N2O5. The number of aromatic nitrogens is 1. The molecule has 0 bridgehead atoms. The van der Waals surface area contributed by atoms with Crippen molar-refractivity contribution in [2.45, 2.75) is 12.3 Å². The van der Waals surface area contributed by atoms with Crippen molar-refractivity contribution < 1.29 is 23.8 Å². The highest BCUT2D eigenvalue weighted by molar-refractivity contribution is 6.06. The van der Waals surface area contributed by atoms with Crippen LogP contribution in [-0.4, -0.2) is 50.1 Å². The smallest absolute Gasteiger partial charge is 0.233 e. The third-order valence-electron chi connectivity index (χ3n) is 6.69. The molecule has 1 N–H and O–H groups in total. The molecule has 2 aliphatic rings. The van der Waals surface area contributed by atoms with Gasteiger partial charge in [0.1, 0.15) is 17.2 Å². The molecule has 7 nitrogen and oxygen atoms in total. The Kier molecular flexibility index (Phi) is 4.43. The lowest BCUT2D eigenvalue weighted by Crippen LogP contribution is -2.32. The molecule has 1 saturated heterocycles. The van der Waals surface area contributed by atoms with E-state index in [1.54, 1.807) is 28.4 Å². The quantitative estimate of drug-likeness (QED) is 0.656. The summed E-state index contributed by atoms with van der Waals surface area (Å²) < 4.78 is 16.6. The van der Waals surface area contributed by atoms with E-state index in [0.29, 0.717) is 17.9 Å². The van der Waals surface area contributed by atoms with Crippen molar-refractivity contribution in [2.24, 2.45) is 11.8 Å². The number of hydrogen-bond acceptors (Lipinski definition) is 5. The van der Waals surface area contributed by atoms with Gasteiger partial charge in [-0.15, -0.1) is 0 Å². The lowest BCUT2D eigenvalue weighted by Gasteiger charge is -2.32. The van der Waals surface area contributed by atoms with Crippen molar-refractivity contribution in [2.75, 3.05) is 28.4 Å². The van der Waals surface area contributed by atoms with Crippen molar-refractivity contribution in [3.63, 3.8) is 0 Å². The molecule has 1 aliphatic heterocycles. The first-order valence-corrected chi connectivity index (χ1v) is 10.2. The lowest BCUT2D eigenvalue weighted by atomic mass is 9.68. The molecule has 0 unspecified atom stereocenters. The highest BCUT2D eigenvalue weighted by Gasteiger charge is 2.54. The van der Waals surface area contributed by atoms with E-state index in [-0.39, 0.29) is 17.7 Å². The molecule has 2 amide bonds. The van der Waals surface area contributed by atoms with Crippen LogP contribution in [0, 0.1) is 11.8 Å². The molecule has 160 valence electrons. The van der Waals surface area contributed by atoms with Crippen LogP contribution in [0.1, 0.15) is 22.7 Å². The predicted molar refractivity (Wildman–Crippen MR) is 115 cm³/mol. The van der Waals surface area contributed by atoms with Gasteiger partial charge < -0.3 is 19.2 Å². The van der Waals surface area contributed by atoms with E-state index < -0.39 is 11.8 Å². The van der Waals surface area contributed by atoms with Gasteiger partial charge in [0.15, 0.2) is 0 Å². The van der Waals surface area contributed by atoms with Crippen molar-refractivity contribution in [1.82, 2.24) is 9.88 Å². The maximum absolute atomic E-state index is 13.3. The zero-order valence-corrected chi connectivity index (χ0v) is 17.9. The lowest BCUT2D eigenvalue weighted by molar-refractivity contribution is -0.138. The van der Waals surface area contributed by atoms with E-state index in [2.05, 4.69) is 4.98 Å². The Labute approximate surface area is 179 Å². The Morgan fingerprint density at radius 1 is 0.935 bits per heavy atom. The van der Waals surface area contributed by atoms with Crippen LogP contribution in [0.2, 0.25) is 0 Å². The number of imide groups is 1. The van der Waals surface area contributed by atoms with Crippen molar-refractivity contribution in [1.29, 1.82) is 0 Å². The number of aromatic amines is 1. The number of benzene rings is 2. The van der Waals surface area contributed by atoms with Gasteiger partial charge >= 0.3 is 0 Å². The molecular weight excluding hydrogens is 396 g/mol. The minimum Gasteiger partial charge on any atom is -0.497 e. The zero-order chi connectivity index (χ0) is 21.9. The molecule has 1 aromatic heterocycles. The summed E-state index contributed by atoms with van der Waals surface area (Å²) in [5.74, 6) is 0.486.